The second-order valence-electron chi connectivity index (χ2n) is 9.83. The monoisotopic (exact) mass is 592 g/mol. The number of hydrogen-bond acceptors (Lipinski definition) is 0. The van der Waals surface area contributed by atoms with Crippen molar-refractivity contribution < 1.29 is 39.5 Å². The zero-order chi connectivity index (χ0) is 30.6. The van der Waals surface area contributed by atoms with Gasteiger partial charge in [-0.25, -0.2) is 26.3 Å². The Kier molecular flexibility index (Phi) is 9.49. The number of rotatable bonds is 9. The van der Waals surface area contributed by atoms with Gasteiger partial charge in [-0.3, -0.25) is 0 Å². The molecule has 0 aliphatic rings. The van der Waals surface area contributed by atoms with Gasteiger partial charge in [0.15, 0.2) is 5.83 Å². The van der Waals surface area contributed by atoms with Gasteiger partial charge in [0.2, 0.25) is 0 Å². The van der Waals surface area contributed by atoms with E-state index in [2.05, 4.69) is 0 Å². The van der Waals surface area contributed by atoms with Crippen LogP contribution in [-0.2, 0) is 19.0 Å². The minimum atomic E-state index is -5.17. The molecule has 0 amide bonds. The molecular formula is C33H25F9. The molecule has 4 aromatic carbocycles. The SMILES string of the molecule is CCCCC(F)=C(F)c1ccc(-c2ccc(-c3ccc(CCc4cc(F)c(C(F)(F)F)c(F)c4)c(F)c3)cc2)c(F)c1. The highest BCUT2D eigenvalue weighted by molar-refractivity contribution is 5.73. The molecule has 0 atom stereocenters. The molecule has 4 rings (SSSR count). The molecule has 0 N–H and O–H groups in total. The summed E-state index contributed by atoms with van der Waals surface area (Å²) in [5, 5.41) is 0. The van der Waals surface area contributed by atoms with Crippen LogP contribution in [0, 0.1) is 23.3 Å². The number of hydrogen-bond donors (Lipinski definition) is 0. The molecule has 0 aromatic heterocycles. The molecule has 0 aliphatic heterocycles. The highest BCUT2D eigenvalue weighted by Gasteiger charge is 2.37. The lowest BCUT2D eigenvalue weighted by molar-refractivity contribution is -0.142. The lowest BCUT2D eigenvalue weighted by atomic mass is 9.97. The number of halogens is 9. The smallest absolute Gasteiger partial charge is 0.209 e. The van der Waals surface area contributed by atoms with E-state index in [-0.39, 0.29) is 41.5 Å². The van der Waals surface area contributed by atoms with Crippen LogP contribution in [0.3, 0.4) is 0 Å². The number of aryl methyl sites for hydroxylation is 2. The molecule has 220 valence electrons. The third-order valence-electron chi connectivity index (χ3n) is 6.86. The Morgan fingerprint density at radius 1 is 0.643 bits per heavy atom. The van der Waals surface area contributed by atoms with E-state index < -0.39 is 46.7 Å². The molecule has 0 saturated heterocycles. The van der Waals surface area contributed by atoms with Crippen LogP contribution in [0.5, 0.6) is 0 Å². The van der Waals surface area contributed by atoms with Crippen LogP contribution in [0.2, 0.25) is 0 Å². The maximum absolute atomic E-state index is 14.8. The fourth-order valence-corrected chi connectivity index (χ4v) is 4.58. The van der Waals surface area contributed by atoms with Crippen molar-refractivity contribution in [2.45, 2.75) is 45.2 Å². The Balaban J connectivity index is 1.47. The molecule has 4 aromatic rings. The van der Waals surface area contributed by atoms with E-state index in [1.165, 1.54) is 24.3 Å². The summed E-state index contributed by atoms with van der Waals surface area (Å²) < 4.78 is 124. The highest BCUT2D eigenvalue weighted by atomic mass is 19.4. The second-order valence-corrected chi connectivity index (χ2v) is 9.83. The maximum Gasteiger partial charge on any atom is 0.422 e. The molecule has 0 nitrogen and oxygen atoms in total. The van der Waals surface area contributed by atoms with Gasteiger partial charge in [-0.1, -0.05) is 61.9 Å². The van der Waals surface area contributed by atoms with Crippen molar-refractivity contribution in [3.63, 3.8) is 0 Å². The summed E-state index contributed by atoms with van der Waals surface area (Å²) in [7, 11) is 0. The van der Waals surface area contributed by atoms with E-state index in [9.17, 15) is 39.5 Å². The Hall–Kier alpha value is -4.01. The van der Waals surface area contributed by atoms with E-state index in [1.54, 1.807) is 30.3 Å². The van der Waals surface area contributed by atoms with Crippen LogP contribution in [0.4, 0.5) is 39.5 Å². The minimum Gasteiger partial charge on any atom is -0.209 e. The summed E-state index contributed by atoms with van der Waals surface area (Å²) in [5.74, 6) is -6.82. The molecule has 0 spiro atoms. The second kappa shape index (κ2) is 12.9. The van der Waals surface area contributed by atoms with Gasteiger partial charge >= 0.3 is 6.18 Å². The topological polar surface area (TPSA) is 0 Å². The van der Waals surface area contributed by atoms with Gasteiger partial charge in [-0.2, -0.15) is 13.2 Å². The summed E-state index contributed by atoms with van der Waals surface area (Å²) in [6.07, 6.45) is -4.17. The van der Waals surface area contributed by atoms with Crippen LogP contribution in [-0.4, -0.2) is 0 Å². The van der Waals surface area contributed by atoms with Crippen molar-refractivity contribution in [2.75, 3.05) is 0 Å². The van der Waals surface area contributed by atoms with Crippen molar-refractivity contribution in [2.24, 2.45) is 0 Å². The average Bonchev–Trinajstić information content (AvgIpc) is 2.93. The van der Waals surface area contributed by atoms with Crippen LogP contribution >= 0.6 is 0 Å². The zero-order valence-corrected chi connectivity index (χ0v) is 22.4. The normalized spacial score (nSPS) is 12.4. The first kappa shape index (κ1) is 30.9. The lowest BCUT2D eigenvalue weighted by Gasteiger charge is -2.12. The minimum absolute atomic E-state index is 0.0111. The third kappa shape index (κ3) is 7.06. The number of allylic oxidation sites excluding steroid dienone is 1. The fourth-order valence-electron chi connectivity index (χ4n) is 4.58. The van der Waals surface area contributed by atoms with E-state index in [0.29, 0.717) is 41.7 Å². The molecular weight excluding hydrogens is 567 g/mol. The number of benzene rings is 4. The molecule has 0 saturated carbocycles. The molecule has 0 aliphatic carbocycles. The molecule has 9 heteroatoms. The molecule has 0 unspecified atom stereocenters. The van der Waals surface area contributed by atoms with E-state index in [1.807, 2.05) is 6.92 Å². The summed E-state index contributed by atoms with van der Waals surface area (Å²) in [6.45, 7) is 1.85. The Morgan fingerprint density at radius 3 is 1.83 bits per heavy atom. The van der Waals surface area contributed by atoms with Gasteiger partial charge in [0.25, 0.3) is 0 Å². The Bertz CT molecular complexity index is 1580. The van der Waals surface area contributed by atoms with Crippen molar-refractivity contribution in [3.8, 4) is 22.3 Å². The highest BCUT2D eigenvalue weighted by Crippen LogP contribution is 2.35. The standard InChI is InChI=1S/C33H25F9/c1-2-3-4-26(34)32(39)24-13-14-25(28(36)18-24)21-9-7-20(8-10-21)23-12-11-22(27(35)17-23)6-5-19-15-29(37)31(30(38)16-19)33(40,41)42/h7-18H,2-6H2,1H3. The van der Waals surface area contributed by atoms with Crippen LogP contribution < -0.4 is 0 Å². The van der Waals surface area contributed by atoms with Crippen LogP contribution in [0.1, 0.15) is 48.4 Å². The van der Waals surface area contributed by atoms with E-state index in [4.69, 9.17) is 0 Å². The summed E-state index contributed by atoms with van der Waals surface area (Å²) in [4.78, 5) is 0. The molecule has 0 fully saturated rings. The van der Waals surface area contributed by atoms with Crippen molar-refractivity contribution in [1.29, 1.82) is 0 Å². The van der Waals surface area contributed by atoms with E-state index >= 15 is 0 Å². The van der Waals surface area contributed by atoms with Crippen molar-refractivity contribution in [3.05, 3.63) is 124 Å². The van der Waals surface area contributed by atoms with Gasteiger partial charge in [0.05, 0.1) is 0 Å². The van der Waals surface area contributed by atoms with Gasteiger partial charge < -0.3 is 0 Å². The van der Waals surface area contributed by atoms with Crippen LogP contribution in [0.25, 0.3) is 28.1 Å². The molecule has 42 heavy (non-hydrogen) atoms. The average molecular weight is 593 g/mol. The summed E-state index contributed by atoms with van der Waals surface area (Å²) in [5.41, 5.74) is -0.280. The van der Waals surface area contributed by atoms with Crippen molar-refractivity contribution >= 4 is 5.83 Å². The summed E-state index contributed by atoms with van der Waals surface area (Å²) in [6, 6.07) is 15.6. The first-order valence-electron chi connectivity index (χ1n) is 13.2. The summed E-state index contributed by atoms with van der Waals surface area (Å²) >= 11 is 0. The largest absolute Gasteiger partial charge is 0.422 e. The zero-order valence-electron chi connectivity index (χ0n) is 22.4. The number of alkyl halides is 3. The van der Waals surface area contributed by atoms with Gasteiger partial charge in [-0.05, 0) is 71.3 Å². The number of unbranched alkanes of at least 4 members (excludes halogenated alkanes) is 1. The van der Waals surface area contributed by atoms with Crippen molar-refractivity contribution in [1.82, 2.24) is 0 Å². The quantitative estimate of drug-likeness (QED) is 0.170. The molecule has 0 heterocycles. The fraction of sp³-hybridized carbons (Fsp3) is 0.212. The first-order chi connectivity index (χ1) is 19.9. The Morgan fingerprint density at radius 2 is 1.26 bits per heavy atom. The Labute approximate surface area is 237 Å². The molecule has 0 bridgehead atoms. The van der Waals surface area contributed by atoms with Gasteiger partial charge in [0, 0.05) is 17.5 Å². The lowest BCUT2D eigenvalue weighted by Crippen LogP contribution is -2.12. The third-order valence-corrected chi connectivity index (χ3v) is 6.86. The van der Waals surface area contributed by atoms with Crippen LogP contribution in [0.15, 0.2) is 78.6 Å². The maximum atomic E-state index is 14.8. The predicted molar refractivity (Wildman–Crippen MR) is 145 cm³/mol. The van der Waals surface area contributed by atoms with Gasteiger partial charge in [0.1, 0.15) is 34.7 Å². The first-order valence-corrected chi connectivity index (χ1v) is 13.2. The molecule has 0 radical (unpaired) electrons. The van der Waals surface area contributed by atoms with E-state index in [0.717, 1.165) is 6.07 Å². The predicted octanol–water partition coefficient (Wildman–Crippen LogP) is 11.2. The van der Waals surface area contributed by atoms with Gasteiger partial charge in [-0.15, -0.1) is 0 Å².